The summed E-state index contributed by atoms with van der Waals surface area (Å²) in [5.41, 5.74) is 0. The first-order valence-corrected chi connectivity index (χ1v) is 7.12. The molecule has 1 saturated carbocycles. The van der Waals surface area contributed by atoms with Gasteiger partial charge < -0.3 is 14.0 Å². The van der Waals surface area contributed by atoms with Gasteiger partial charge in [0.15, 0.2) is 5.76 Å². The van der Waals surface area contributed by atoms with Crippen LogP contribution in [0.5, 0.6) is 0 Å². The number of rotatable bonds is 4. The predicted molar refractivity (Wildman–Crippen MR) is 69.7 cm³/mol. The van der Waals surface area contributed by atoms with Crippen LogP contribution in [0.3, 0.4) is 0 Å². The lowest BCUT2D eigenvalue weighted by Crippen LogP contribution is -2.50. The molecule has 2 aliphatic rings. The topological polar surface area (TPSA) is 47.7 Å². The Bertz CT molecular complexity index is 382. The van der Waals surface area contributed by atoms with Crippen LogP contribution in [-0.4, -0.2) is 49.1 Å². The summed E-state index contributed by atoms with van der Waals surface area (Å²) in [7, 11) is 1.83. The van der Waals surface area contributed by atoms with Crippen molar-refractivity contribution in [3.8, 4) is 0 Å². The summed E-state index contributed by atoms with van der Waals surface area (Å²) in [5.74, 6) is 1.51. The molecular formula is C14H22N2O3. The standard InChI is InChI=1S/C14H22N2O3/c1-17-14-4-2-3-12(14)13-10-18-8-7-16(13)9-11-5-6-15-19-11/h5-6,12-14H,2-4,7-10H2,1H3. The molecule has 5 heteroatoms. The lowest BCUT2D eigenvalue weighted by atomic mass is 9.94. The van der Waals surface area contributed by atoms with Crippen LogP contribution in [0.1, 0.15) is 25.0 Å². The van der Waals surface area contributed by atoms with E-state index in [2.05, 4.69) is 10.1 Å². The summed E-state index contributed by atoms with van der Waals surface area (Å²) in [5, 5.41) is 3.78. The second-order valence-electron chi connectivity index (χ2n) is 5.46. The van der Waals surface area contributed by atoms with E-state index in [1.807, 2.05) is 13.2 Å². The van der Waals surface area contributed by atoms with E-state index >= 15 is 0 Å². The van der Waals surface area contributed by atoms with Crippen molar-refractivity contribution in [1.82, 2.24) is 10.1 Å². The molecule has 3 unspecified atom stereocenters. The third kappa shape index (κ3) is 2.83. The molecule has 2 fully saturated rings. The van der Waals surface area contributed by atoms with E-state index in [1.165, 1.54) is 19.3 Å². The average molecular weight is 266 g/mol. The van der Waals surface area contributed by atoms with Gasteiger partial charge in [0, 0.05) is 31.7 Å². The van der Waals surface area contributed by atoms with Gasteiger partial charge in [-0.25, -0.2) is 0 Å². The minimum atomic E-state index is 0.379. The molecule has 1 aliphatic carbocycles. The van der Waals surface area contributed by atoms with Crippen LogP contribution in [0.4, 0.5) is 0 Å². The van der Waals surface area contributed by atoms with Gasteiger partial charge in [0.25, 0.3) is 0 Å². The molecule has 1 saturated heterocycles. The van der Waals surface area contributed by atoms with Crippen LogP contribution in [0.25, 0.3) is 0 Å². The summed E-state index contributed by atoms with van der Waals surface area (Å²) in [6.45, 7) is 3.38. The fraction of sp³-hybridized carbons (Fsp3) is 0.786. The molecule has 1 aliphatic heterocycles. The van der Waals surface area contributed by atoms with Gasteiger partial charge in [-0.2, -0.15) is 0 Å². The second kappa shape index (κ2) is 6.03. The third-order valence-electron chi connectivity index (χ3n) is 4.43. The minimum Gasteiger partial charge on any atom is -0.381 e. The highest BCUT2D eigenvalue weighted by Gasteiger charge is 2.38. The molecule has 5 nitrogen and oxygen atoms in total. The molecule has 0 spiro atoms. The Morgan fingerprint density at radius 3 is 3.21 bits per heavy atom. The lowest BCUT2D eigenvalue weighted by molar-refractivity contribution is -0.0630. The molecule has 3 rings (SSSR count). The zero-order chi connectivity index (χ0) is 13.1. The monoisotopic (exact) mass is 266 g/mol. The molecule has 1 aromatic rings. The predicted octanol–water partition coefficient (Wildman–Crippen LogP) is 1.69. The van der Waals surface area contributed by atoms with Crippen LogP contribution in [0, 0.1) is 5.92 Å². The molecular weight excluding hydrogens is 244 g/mol. The number of morpholine rings is 1. The van der Waals surface area contributed by atoms with Crippen molar-refractivity contribution in [2.24, 2.45) is 5.92 Å². The maximum atomic E-state index is 5.69. The fourth-order valence-electron chi connectivity index (χ4n) is 3.46. The van der Waals surface area contributed by atoms with Crippen LogP contribution in [-0.2, 0) is 16.0 Å². The van der Waals surface area contributed by atoms with Crippen molar-refractivity contribution < 1.29 is 14.0 Å². The Morgan fingerprint density at radius 2 is 2.42 bits per heavy atom. The summed E-state index contributed by atoms with van der Waals surface area (Å²) in [6, 6.07) is 2.38. The van der Waals surface area contributed by atoms with Gasteiger partial charge in [-0.3, -0.25) is 4.90 Å². The van der Waals surface area contributed by atoms with Gasteiger partial charge in [-0.15, -0.1) is 0 Å². The summed E-state index contributed by atoms with van der Waals surface area (Å²) in [4.78, 5) is 2.46. The molecule has 0 aromatic carbocycles. The number of hydrogen-bond donors (Lipinski definition) is 0. The Balaban J connectivity index is 1.69. The molecule has 0 amide bonds. The SMILES string of the molecule is COC1CCCC1C1COCCN1Cc1ccno1. The van der Waals surface area contributed by atoms with Crippen LogP contribution in [0.2, 0.25) is 0 Å². The molecule has 0 radical (unpaired) electrons. The van der Waals surface area contributed by atoms with E-state index in [-0.39, 0.29) is 0 Å². The van der Waals surface area contributed by atoms with E-state index in [4.69, 9.17) is 14.0 Å². The molecule has 1 aromatic heterocycles. The second-order valence-corrected chi connectivity index (χ2v) is 5.46. The molecule has 106 valence electrons. The zero-order valence-electron chi connectivity index (χ0n) is 11.5. The zero-order valence-corrected chi connectivity index (χ0v) is 11.5. The number of hydrogen-bond acceptors (Lipinski definition) is 5. The van der Waals surface area contributed by atoms with Crippen molar-refractivity contribution >= 4 is 0 Å². The van der Waals surface area contributed by atoms with Gasteiger partial charge >= 0.3 is 0 Å². The van der Waals surface area contributed by atoms with Crippen molar-refractivity contribution in [3.05, 3.63) is 18.0 Å². The summed E-state index contributed by atoms with van der Waals surface area (Å²) >= 11 is 0. The van der Waals surface area contributed by atoms with Gasteiger partial charge in [0.1, 0.15) is 0 Å². The van der Waals surface area contributed by atoms with Gasteiger partial charge in [-0.05, 0) is 12.8 Å². The Labute approximate surface area is 113 Å². The highest BCUT2D eigenvalue weighted by Crippen LogP contribution is 2.34. The van der Waals surface area contributed by atoms with E-state index in [9.17, 15) is 0 Å². The van der Waals surface area contributed by atoms with E-state index in [0.717, 1.165) is 32.1 Å². The maximum absolute atomic E-state index is 5.69. The Kier molecular flexibility index (Phi) is 4.15. The molecule has 0 N–H and O–H groups in total. The Hall–Kier alpha value is -0.910. The van der Waals surface area contributed by atoms with Gasteiger partial charge in [-0.1, -0.05) is 11.6 Å². The minimum absolute atomic E-state index is 0.379. The smallest absolute Gasteiger partial charge is 0.150 e. The van der Waals surface area contributed by atoms with E-state index < -0.39 is 0 Å². The van der Waals surface area contributed by atoms with E-state index in [0.29, 0.717) is 18.1 Å². The third-order valence-corrected chi connectivity index (χ3v) is 4.43. The number of nitrogens with zero attached hydrogens (tertiary/aromatic N) is 2. The first kappa shape index (κ1) is 13.1. The number of methoxy groups -OCH3 is 1. The first-order chi connectivity index (χ1) is 9.38. The van der Waals surface area contributed by atoms with Crippen LogP contribution < -0.4 is 0 Å². The molecule has 19 heavy (non-hydrogen) atoms. The normalized spacial score (nSPS) is 32.8. The van der Waals surface area contributed by atoms with Crippen molar-refractivity contribution in [2.75, 3.05) is 26.9 Å². The van der Waals surface area contributed by atoms with Crippen LogP contribution >= 0.6 is 0 Å². The number of ether oxygens (including phenoxy) is 2. The quantitative estimate of drug-likeness (QED) is 0.830. The first-order valence-electron chi connectivity index (χ1n) is 7.12. The molecule has 2 heterocycles. The fourth-order valence-corrected chi connectivity index (χ4v) is 3.46. The van der Waals surface area contributed by atoms with Crippen molar-refractivity contribution in [2.45, 2.75) is 38.0 Å². The Morgan fingerprint density at radius 1 is 1.47 bits per heavy atom. The molecule has 3 atom stereocenters. The summed E-state index contributed by atoms with van der Waals surface area (Å²) < 4.78 is 16.6. The van der Waals surface area contributed by atoms with Crippen molar-refractivity contribution in [3.63, 3.8) is 0 Å². The number of aromatic nitrogens is 1. The maximum Gasteiger partial charge on any atom is 0.150 e. The van der Waals surface area contributed by atoms with Crippen molar-refractivity contribution in [1.29, 1.82) is 0 Å². The highest BCUT2D eigenvalue weighted by atomic mass is 16.5. The molecule has 0 bridgehead atoms. The lowest BCUT2D eigenvalue weighted by Gasteiger charge is -2.40. The van der Waals surface area contributed by atoms with Gasteiger partial charge in [0.05, 0.1) is 32.1 Å². The largest absolute Gasteiger partial charge is 0.381 e. The summed E-state index contributed by atoms with van der Waals surface area (Å²) in [6.07, 6.45) is 5.76. The van der Waals surface area contributed by atoms with Crippen LogP contribution in [0.15, 0.2) is 16.8 Å². The average Bonchev–Trinajstić information content (AvgIpc) is 3.09. The van der Waals surface area contributed by atoms with E-state index in [1.54, 1.807) is 6.20 Å². The highest BCUT2D eigenvalue weighted by molar-refractivity contribution is 4.97. The van der Waals surface area contributed by atoms with Gasteiger partial charge in [0.2, 0.25) is 0 Å².